The first-order valence-corrected chi connectivity index (χ1v) is 5.93. The van der Waals surface area contributed by atoms with Crippen molar-refractivity contribution in [1.29, 1.82) is 0 Å². The summed E-state index contributed by atoms with van der Waals surface area (Å²) in [6.45, 7) is -0.390. The van der Waals surface area contributed by atoms with Crippen LogP contribution in [0, 0.1) is 0 Å². The molecule has 0 heterocycles. The van der Waals surface area contributed by atoms with Crippen molar-refractivity contribution < 1.29 is 44.3 Å². The van der Waals surface area contributed by atoms with Gasteiger partial charge in [-0.05, 0) is 0 Å². The van der Waals surface area contributed by atoms with Gasteiger partial charge in [0.15, 0.2) is 0 Å². The smallest absolute Gasteiger partial charge is 0.372 e. The molecule has 0 rings (SSSR count). The zero-order chi connectivity index (χ0) is 16.7. The molecule has 0 saturated heterocycles. The number of carboxylic acid groups (broad SMARTS) is 1. The molecule has 9 nitrogen and oxygen atoms in total. The van der Waals surface area contributed by atoms with E-state index in [1.54, 1.807) is 0 Å². The molecule has 5 atom stereocenters. The van der Waals surface area contributed by atoms with Crippen LogP contribution in [0.25, 0.3) is 0 Å². The number of ketones is 1. The molecule has 6 N–H and O–H groups in total. The third-order valence-corrected chi connectivity index (χ3v) is 2.69. The summed E-state index contributed by atoms with van der Waals surface area (Å²) in [6.07, 6.45) is -8.85. The van der Waals surface area contributed by atoms with Gasteiger partial charge < -0.3 is 30.8 Å². The summed E-state index contributed by atoms with van der Waals surface area (Å²) < 4.78 is 12.2. The largest absolute Gasteiger partial charge is 0.475 e. The van der Waals surface area contributed by atoms with Gasteiger partial charge in [-0.25, -0.2) is 9.18 Å². The molecule has 0 aromatic rings. The van der Waals surface area contributed by atoms with E-state index in [4.69, 9.17) is 10.2 Å². The molecule has 0 spiro atoms. The number of nitrogens with one attached hydrogen (secondary N) is 1. The highest BCUT2D eigenvalue weighted by atomic mass is 19.1. The number of alkyl halides is 1. The summed E-state index contributed by atoms with van der Waals surface area (Å²) in [5.74, 6) is -3.97. The fraction of sp³-hybridized carbons (Fsp3) is 0.727. The van der Waals surface area contributed by atoms with Crippen LogP contribution in [0.15, 0.2) is 0 Å². The summed E-state index contributed by atoms with van der Waals surface area (Å²) in [5, 5.41) is 48.4. The van der Waals surface area contributed by atoms with Gasteiger partial charge in [-0.1, -0.05) is 0 Å². The number of hydrogen-bond donors (Lipinski definition) is 6. The maximum absolute atomic E-state index is 12.2. The number of carbonyl (C=O) groups excluding carboxylic acids is 2. The average Bonchev–Trinajstić information content (AvgIpc) is 2.41. The molecule has 0 aliphatic heterocycles. The molecule has 0 aliphatic rings. The van der Waals surface area contributed by atoms with E-state index in [1.165, 1.54) is 0 Å². The van der Waals surface area contributed by atoms with E-state index in [1.807, 2.05) is 5.32 Å². The van der Waals surface area contributed by atoms with Crippen molar-refractivity contribution in [3.8, 4) is 0 Å². The number of Topliss-reactive ketones (excluding diaryl/α,β-unsaturated/α-hetero) is 1. The summed E-state index contributed by atoms with van der Waals surface area (Å²) in [6, 6.07) is -1.66. The Bertz CT molecular complexity index is 390. The monoisotopic (exact) mass is 311 g/mol. The predicted octanol–water partition coefficient (Wildman–Crippen LogP) is -3.05. The summed E-state index contributed by atoms with van der Waals surface area (Å²) in [5.41, 5.74) is 0. The van der Waals surface area contributed by atoms with E-state index >= 15 is 0 Å². The number of carboxylic acids is 1. The van der Waals surface area contributed by atoms with Crippen molar-refractivity contribution in [1.82, 2.24) is 5.32 Å². The van der Waals surface area contributed by atoms with Gasteiger partial charge in [0.25, 0.3) is 0 Å². The minimum absolute atomic E-state index is 0.761. The van der Waals surface area contributed by atoms with E-state index in [9.17, 15) is 34.1 Å². The van der Waals surface area contributed by atoms with Gasteiger partial charge in [-0.15, -0.1) is 0 Å². The SMILES string of the molecule is CC(=O)NC(C(O)CC(=O)C(=O)O)C(O)C(O)C(O)CF. The number of aliphatic carboxylic acids is 1. The molecule has 0 aliphatic carbocycles. The molecule has 1 amide bonds. The Morgan fingerprint density at radius 1 is 1.05 bits per heavy atom. The van der Waals surface area contributed by atoms with Crippen LogP contribution in [0.2, 0.25) is 0 Å². The number of aliphatic hydroxyl groups is 4. The quantitative estimate of drug-likeness (QED) is 0.244. The molecule has 0 saturated carbocycles. The highest BCUT2D eigenvalue weighted by Gasteiger charge is 2.37. The topological polar surface area (TPSA) is 164 Å². The number of rotatable bonds is 9. The number of carbonyl (C=O) groups is 3. The Hall–Kier alpha value is -1.62. The summed E-state index contributed by atoms with van der Waals surface area (Å²) in [4.78, 5) is 32.4. The number of aliphatic hydroxyl groups excluding tert-OH is 4. The van der Waals surface area contributed by atoms with Crippen LogP contribution in [0.1, 0.15) is 13.3 Å². The highest BCUT2D eigenvalue weighted by Crippen LogP contribution is 2.12. The second-order valence-electron chi connectivity index (χ2n) is 4.43. The highest BCUT2D eigenvalue weighted by molar-refractivity contribution is 6.32. The van der Waals surface area contributed by atoms with Gasteiger partial charge in [-0.3, -0.25) is 9.59 Å². The lowest BCUT2D eigenvalue weighted by Gasteiger charge is -2.31. The van der Waals surface area contributed by atoms with Crippen LogP contribution in [0.5, 0.6) is 0 Å². The van der Waals surface area contributed by atoms with Gasteiger partial charge in [0.05, 0.1) is 12.1 Å². The molecule has 0 bridgehead atoms. The summed E-state index contributed by atoms with van der Waals surface area (Å²) in [7, 11) is 0. The van der Waals surface area contributed by atoms with E-state index in [-0.39, 0.29) is 0 Å². The van der Waals surface area contributed by atoms with E-state index in [0.29, 0.717) is 0 Å². The van der Waals surface area contributed by atoms with Gasteiger partial charge in [0, 0.05) is 13.3 Å². The maximum atomic E-state index is 12.2. The van der Waals surface area contributed by atoms with Crippen LogP contribution >= 0.6 is 0 Å². The predicted molar refractivity (Wildman–Crippen MR) is 64.9 cm³/mol. The van der Waals surface area contributed by atoms with Crippen molar-refractivity contribution in [3.05, 3.63) is 0 Å². The van der Waals surface area contributed by atoms with Crippen molar-refractivity contribution in [2.24, 2.45) is 0 Å². The standard InChI is InChI=1S/C11H18FNO8/c1-4(14)13-8(5(15)2-6(16)11(20)21)10(19)9(18)7(17)3-12/h5,7-10,15,17-19H,2-3H2,1H3,(H,13,14)(H,20,21). The fourth-order valence-corrected chi connectivity index (χ4v) is 1.58. The van der Waals surface area contributed by atoms with Crippen molar-refractivity contribution in [2.45, 2.75) is 43.8 Å². The Kier molecular flexibility index (Phi) is 7.95. The van der Waals surface area contributed by atoms with E-state index < -0.39 is 61.2 Å². The second-order valence-corrected chi connectivity index (χ2v) is 4.43. The van der Waals surface area contributed by atoms with Gasteiger partial charge >= 0.3 is 5.97 Å². The molecular weight excluding hydrogens is 293 g/mol. The molecule has 0 aromatic heterocycles. The van der Waals surface area contributed by atoms with E-state index in [2.05, 4.69) is 0 Å². The molecule has 0 aromatic carbocycles. The van der Waals surface area contributed by atoms with Crippen molar-refractivity contribution in [2.75, 3.05) is 6.67 Å². The third kappa shape index (κ3) is 6.12. The first-order valence-electron chi connectivity index (χ1n) is 5.93. The van der Waals surface area contributed by atoms with Crippen LogP contribution in [0.3, 0.4) is 0 Å². The fourth-order valence-electron chi connectivity index (χ4n) is 1.58. The van der Waals surface area contributed by atoms with Gasteiger partial charge in [0.1, 0.15) is 25.0 Å². The van der Waals surface area contributed by atoms with Crippen LogP contribution < -0.4 is 5.32 Å². The normalized spacial score (nSPS) is 18.2. The van der Waals surface area contributed by atoms with Crippen molar-refractivity contribution >= 4 is 17.7 Å². The number of amides is 1. The first-order chi connectivity index (χ1) is 9.61. The number of halogens is 1. The first kappa shape index (κ1) is 19.4. The minimum Gasteiger partial charge on any atom is -0.475 e. The lowest BCUT2D eigenvalue weighted by molar-refractivity contribution is -0.151. The molecule has 0 fully saturated rings. The molecule has 21 heavy (non-hydrogen) atoms. The molecule has 5 unspecified atom stereocenters. The maximum Gasteiger partial charge on any atom is 0.372 e. The molecular formula is C11H18FNO8. The minimum atomic E-state index is -2.05. The Balaban J connectivity index is 5.04. The van der Waals surface area contributed by atoms with Crippen LogP contribution in [0.4, 0.5) is 4.39 Å². The lowest BCUT2D eigenvalue weighted by atomic mass is 9.94. The van der Waals surface area contributed by atoms with Crippen LogP contribution in [-0.2, 0) is 14.4 Å². The average molecular weight is 311 g/mol. The van der Waals surface area contributed by atoms with Gasteiger partial charge in [0.2, 0.25) is 11.7 Å². The second kappa shape index (κ2) is 8.62. The number of hydrogen-bond acceptors (Lipinski definition) is 7. The van der Waals surface area contributed by atoms with Crippen molar-refractivity contribution in [3.63, 3.8) is 0 Å². The Labute approximate surface area is 119 Å². The molecule has 10 heteroatoms. The zero-order valence-corrected chi connectivity index (χ0v) is 11.1. The molecule has 122 valence electrons. The van der Waals surface area contributed by atoms with Gasteiger partial charge in [-0.2, -0.15) is 0 Å². The third-order valence-electron chi connectivity index (χ3n) is 2.69. The van der Waals surface area contributed by atoms with Crippen LogP contribution in [-0.4, -0.2) is 80.3 Å². The Morgan fingerprint density at radius 2 is 1.57 bits per heavy atom. The molecule has 0 radical (unpaired) electrons. The lowest BCUT2D eigenvalue weighted by Crippen LogP contribution is -2.57. The zero-order valence-electron chi connectivity index (χ0n) is 11.1. The Morgan fingerprint density at radius 3 is 1.95 bits per heavy atom. The van der Waals surface area contributed by atoms with E-state index in [0.717, 1.165) is 6.92 Å². The summed E-state index contributed by atoms with van der Waals surface area (Å²) >= 11 is 0.